The van der Waals surface area contributed by atoms with E-state index in [-0.39, 0.29) is 24.0 Å². The minimum Gasteiger partial charge on any atom is -0.393 e. The molecule has 1 aliphatic rings. The van der Waals surface area contributed by atoms with Crippen LogP contribution in [-0.4, -0.2) is 41.1 Å². The van der Waals surface area contributed by atoms with E-state index in [0.29, 0.717) is 10.7 Å². The first-order valence-electron chi connectivity index (χ1n) is 8.29. The molecule has 0 radical (unpaired) electrons. The van der Waals surface area contributed by atoms with Gasteiger partial charge in [0.05, 0.1) is 22.9 Å². The zero-order valence-corrected chi connectivity index (χ0v) is 15.2. The monoisotopic (exact) mass is 338 g/mol. The lowest BCUT2D eigenvalue weighted by Gasteiger charge is -2.37. The van der Waals surface area contributed by atoms with Crippen LogP contribution in [0.5, 0.6) is 0 Å². The van der Waals surface area contributed by atoms with E-state index in [1.54, 1.807) is 0 Å². The molecule has 1 aromatic rings. The number of nitrogens with one attached hydrogen (secondary N) is 1. The van der Waals surface area contributed by atoms with Crippen LogP contribution in [0.25, 0.3) is 0 Å². The van der Waals surface area contributed by atoms with E-state index >= 15 is 0 Å². The summed E-state index contributed by atoms with van der Waals surface area (Å²) in [5, 5.41) is 13.3. The number of anilines is 1. The van der Waals surface area contributed by atoms with Crippen molar-refractivity contribution in [3.05, 3.63) is 28.3 Å². The number of benzene rings is 1. The van der Waals surface area contributed by atoms with Crippen LogP contribution in [0.15, 0.2) is 12.1 Å². The van der Waals surface area contributed by atoms with Gasteiger partial charge in [-0.3, -0.25) is 9.69 Å². The van der Waals surface area contributed by atoms with E-state index in [4.69, 9.17) is 11.6 Å². The average molecular weight is 339 g/mol. The van der Waals surface area contributed by atoms with Crippen molar-refractivity contribution in [1.82, 2.24) is 4.90 Å². The van der Waals surface area contributed by atoms with E-state index < -0.39 is 0 Å². The number of rotatable bonds is 4. The molecular formula is C18H27ClN2O2. The predicted molar refractivity (Wildman–Crippen MR) is 95.0 cm³/mol. The summed E-state index contributed by atoms with van der Waals surface area (Å²) in [6.07, 6.45) is 1.70. The number of carbonyl (C=O) groups is 1. The van der Waals surface area contributed by atoms with Crippen molar-refractivity contribution in [2.45, 2.75) is 52.7 Å². The van der Waals surface area contributed by atoms with Crippen LogP contribution in [0, 0.1) is 19.8 Å². The van der Waals surface area contributed by atoms with Crippen LogP contribution in [-0.2, 0) is 4.79 Å². The first-order chi connectivity index (χ1) is 10.8. The molecule has 0 bridgehead atoms. The zero-order valence-electron chi connectivity index (χ0n) is 14.4. The van der Waals surface area contributed by atoms with Gasteiger partial charge >= 0.3 is 0 Å². The third kappa shape index (κ3) is 4.46. The summed E-state index contributed by atoms with van der Waals surface area (Å²) in [7, 11) is 0. The summed E-state index contributed by atoms with van der Waals surface area (Å²) < 4.78 is 0. The highest BCUT2D eigenvalue weighted by atomic mass is 35.5. The Bertz CT molecular complexity index is 551. The number of nitrogens with zero attached hydrogens (tertiary/aromatic N) is 1. The number of aliphatic hydroxyl groups excluding tert-OH is 1. The van der Waals surface area contributed by atoms with Crippen LogP contribution < -0.4 is 5.32 Å². The fourth-order valence-corrected chi connectivity index (χ4v) is 3.62. The largest absolute Gasteiger partial charge is 0.393 e. The van der Waals surface area contributed by atoms with Crippen molar-refractivity contribution >= 4 is 23.2 Å². The van der Waals surface area contributed by atoms with Gasteiger partial charge in [-0.2, -0.15) is 0 Å². The molecule has 4 nitrogen and oxygen atoms in total. The number of carbonyl (C=O) groups excluding carboxylic acids is 1. The Labute approximate surface area is 143 Å². The SMILES string of the molecule is Cc1cc(C)c(NC(=O)C(C)N2CCCC(C(C)O)C2)c(Cl)c1. The zero-order chi connectivity index (χ0) is 17.1. The maximum absolute atomic E-state index is 12.6. The van der Waals surface area contributed by atoms with Crippen LogP contribution in [0.1, 0.15) is 37.8 Å². The van der Waals surface area contributed by atoms with Gasteiger partial charge in [-0.1, -0.05) is 17.7 Å². The van der Waals surface area contributed by atoms with Gasteiger partial charge in [0, 0.05) is 6.54 Å². The molecule has 1 fully saturated rings. The molecule has 5 heteroatoms. The quantitative estimate of drug-likeness (QED) is 0.885. The summed E-state index contributed by atoms with van der Waals surface area (Å²) in [6.45, 7) is 9.32. The Morgan fingerprint density at radius 1 is 1.39 bits per heavy atom. The molecule has 2 rings (SSSR count). The molecule has 1 amide bonds. The van der Waals surface area contributed by atoms with Gasteiger partial charge in [0.15, 0.2) is 0 Å². The van der Waals surface area contributed by atoms with E-state index in [0.717, 1.165) is 37.1 Å². The summed E-state index contributed by atoms with van der Waals surface area (Å²) in [4.78, 5) is 14.8. The smallest absolute Gasteiger partial charge is 0.241 e. The van der Waals surface area contributed by atoms with Gasteiger partial charge in [-0.05, 0) is 70.2 Å². The molecule has 23 heavy (non-hydrogen) atoms. The van der Waals surface area contributed by atoms with E-state index in [2.05, 4.69) is 10.2 Å². The van der Waals surface area contributed by atoms with Gasteiger partial charge in [0.25, 0.3) is 0 Å². The Hall–Kier alpha value is -1.10. The van der Waals surface area contributed by atoms with Crippen molar-refractivity contribution in [2.75, 3.05) is 18.4 Å². The van der Waals surface area contributed by atoms with Crippen LogP contribution in [0.4, 0.5) is 5.69 Å². The number of hydrogen-bond acceptors (Lipinski definition) is 3. The second kappa shape index (κ2) is 7.65. The summed E-state index contributed by atoms with van der Waals surface area (Å²) in [6, 6.07) is 3.63. The van der Waals surface area contributed by atoms with Gasteiger partial charge in [0.1, 0.15) is 0 Å². The van der Waals surface area contributed by atoms with E-state index in [9.17, 15) is 9.90 Å². The highest BCUT2D eigenvalue weighted by Gasteiger charge is 2.29. The Balaban J connectivity index is 2.06. The number of aliphatic hydroxyl groups is 1. The summed E-state index contributed by atoms with van der Waals surface area (Å²) in [5.74, 6) is 0.189. The molecule has 0 aliphatic carbocycles. The lowest BCUT2D eigenvalue weighted by molar-refractivity contribution is -0.121. The standard InChI is InChI=1S/C18H27ClN2O2/c1-11-8-12(2)17(16(19)9-11)20-18(23)13(3)21-7-5-6-15(10-21)14(4)22/h8-9,13-15,22H,5-7,10H2,1-4H3,(H,20,23). The molecule has 1 aromatic carbocycles. The lowest BCUT2D eigenvalue weighted by atomic mass is 9.92. The van der Waals surface area contributed by atoms with Crippen molar-refractivity contribution < 1.29 is 9.90 Å². The first kappa shape index (κ1) is 18.2. The number of hydrogen-bond donors (Lipinski definition) is 2. The highest BCUT2D eigenvalue weighted by molar-refractivity contribution is 6.34. The van der Waals surface area contributed by atoms with Gasteiger partial charge < -0.3 is 10.4 Å². The molecule has 3 atom stereocenters. The molecular weight excluding hydrogens is 312 g/mol. The van der Waals surface area contributed by atoms with Gasteiger partial charge in [0.2, 0.25) is 5.91 Å². The number of amides is 1. The normalized spacial score (nSPS) is 21.7. The first-order valence-corrected chi connectivity index (χ1v) is 8.67. The summed E-state index contributed by atoms with van der Waals surface area (Å²) in [5.41, 5.74) is 2.74. The Kier molecular flexibility index (Phi) is 6.06. The number of likely N-dealkylation sites (tertiary alicyclic amines) is 1. The predicted octanol–water partition coefficient (Wildman–Crippen LogP) is 3.38. The molecule has 0 aromatic heterocycles. The number of halogens is 1. The van der Waals surface area contributed by atoms with E-state index in [1.165, 1.54) is 0 Å². The van der Waals surface area contributed by atoms with Crippen LogP contribution in [0.2, 0.25) is 5.02 Å². The minimum atomic E-state index is -0.332. The van der Waals surface area contributed by atoms with E-state index in [1.807, 2.05) is 39.8 Å². The molecule has 0 saturated carbocycles. The second-order valence-electron chi connectivity index (χ2n) is 6.74. The van der Waals surface area contributed by atoms with Crippen molar-refractivity contribution in [3.63, 3.8) is 0 Å². The Morgan fingerprint density at radius 2 is 2.09 bits per heavy atom. The third-order valence-corrected chi connectivity index (χ3v) is 5.08. The minimum absolute atomic E-state index is 0.0508. The molecule has 1 aliphatic heterocycles. The molecule has 0 spiro atoms. The summed E-state index contributed by atoms with van der Waals surface area (Å²) >= 11 is 6.27. The van der Waals surface area contributed by atoms with Crippen LogP contribution >= 0.6 is 11.6 Å². The fourth-order valence-electron chi connectivity index (χ4n) is 3.25. The highest BCUT2D eigenvalue weighted by Crippen LogP contribution is 2.28. The molecule has 1 saturated heterocycles. The van der Waals surface area contributed by atoms with Crippen LogP contribution in [0.3, 0.4) is 0 Å². The maximum Gasteiger partial charge on any atom is 0.241 e. The molecule has 2 N–H and O–H groups in total. The molecule has 128 valence electrons. The van der Waals surface area contributed by atoms with Crippen molar-refractivity contribution in [1.29, 1.82) is 0 Å². The van der Waals surface area contributed by atoms with Crippen molar-refractivity contribution in [2.24, 2.45) is 5.92 Å². The Morgan fingerprint density at radius 3 is 2.70 bits per heavy atom. The van der Waals surface area contributed by atoms with Gasteiger partial charge in [-0.25, -0.2) is 0 Å². The lowest BCUT2D eigenvalue weighted by Crippen LogP contribution is -2.48. The topological polar surface area (TPSA) is 52.6 Å². The average Bonchev–Trinajstić information content (AvgIpc) is 2.50. The third-order valence-electron chi connectivity index (χ3n) is 4.78. The maximum atomic E-state index is 12.6. The second-order valence-corrected chi connectivity index (χ2v) is 7.15. The number of aryl methyl sites for hydroxylation is 2. The van der Waals surface area contributed by atoms with Gasteiger partial charge in [-0.15, -0.1) is 0 Å². The number of piperidine rings is 1. The fraction of sp³-hybridized carbons (Fsp3) is 0.611. The molecule has 3 unspecified atom stereocenters. The molecule has 1 heterocycles. The van der Waals surface area contributed by atoms with Crippen molar-refractivity contribution in [3.8, 4) is 0 Å².